The number of nitrogens with zero attached hydrogens (tertiary/aromatic N) is 1. The van der Waals surface area contributed by atoms with Crippen LogP contribution in [-0.4, -0.2) is 4.98 Å². The van der Waals surface area contributed by atoms with Gasteiger partial charge in [-0.05, 0) is 30.0 Å². The lowest BCUT2D eigenvalue weighted by atomic mass is 9.88. The predicted molar refractivity (Wildman–Crippen MR) is 86.3 cm³/mol. The van der Waals surface area contributed by atoms with Gasteiger partial charge in [0, 0.05) is 5.92 Å². The number of allylic oxidation sites excluding steroid dienone is 1. The Morgan fingerprint density at radius 1 is 1.10 bits per heavy atom. The SMILES string of the molecule is C=CC(C)C(Cc1ccccc1)c1nc2ccccc2o1. The third-order valence-electron chi connectivity index (χ3n) is 3.93. The van der Waals surface area contributed by atoms with Crippen molar-refractivity contribution in [2.45, 2.75) is 19.3 Å². The Morgan fingerprint density at radius 2 is 1.81 bits per heavy atom. The molecule has 21 heavy (non-hydrogen) atoms. The number of oxazole rings is 1. The molecule has 0 fully saturated rings. The number of benzene rings is 2. The molecule has 106 valence electrons. The molecule has 2 unspecified atom stereocenters. The van der Waals surface area contributed by atoms with Crippen LogP contribution in [0.2, 0.25) is 0 Å². The van der Waals surface area contributed by atoms with Crippen LogP contribution < -0.4 is 0 Å². The third-order valence-corrected chi connectivity index (χ3v) is 3.93. The first-order valence-electron chi connectivity index (χ1n) is 7.30. The summed E-state index contributed by atoms with van der Waals surface area (Å²) in [5.41, 5.74) is 3.06. The molecule has 0 amide bonds. The topological polar surface area (TPSA) is 26.0 Å². The smallest absolute Gasteiger partial charge is 0.199 e. The van der Waals surface area contributed by atoms with Gasteiger partial charge in [0.2, 0.25) is 0 Å². The van der Waals surface area contributed by atoms with Crippen molar-refractivity contribution in [1.82, 2.24) is 4.98 Å². The maximum absolute atomic E-state index is 5.97. The molecular formula is C19H19NO. The first kappa shape index (κ1) is 13.6. The largest absolute Gasteiger partial charge is 0.440 e. The highest BCUT2D eigenvalue weighted by Crippen LogP contribution is 2.31. The molecular weight excluding hydrogens is 258 g/mol. The highest BCUT2D eigenvalue weighted by Gasteiger charge is 2.23. The second-order valence-electron chi connectivity index (χ2n) is 5.41. The molecule has 2 heteroatoms. The van der Waals surface area contributed by atoms with Crippen LogP contribution in [0.25, 0.3) is 11.1 Å². The average Bonchev–Trinajstić information content (AvgIpc) is 2.96. The Bertz CT molecular complexity index is 696. The van der Waals surface area contributed by atoms with Gasteiger partial charge in [0.15, 0.2) is 11.5 Å². The lowest BCUT2D eigenvalue weighted by molar-refractivity contribution is 0.415. The normalized spacial score (nSPS) is 14.0. The fourth-order valence-corrected chi connectivity index (χ4v) is 2.58. The number of rotatable bonds is 5. The van der Waals surface area contributed by atoms with Crippen LogP contribution in [0.1, 0.15) is 24.3 Å². The molecule has 0 N–H and O–H groups in total. The minimum Gasteiger partial charge on any atom is -0.440 e. The molecule has 2 atom stereocenters. The van der Waals surface area contributed by atoms with Gasteiger partial charge >= 0.3 is 0 Å². The van der Waals surface area contributed by atoms with Crippen molar-refractivity contribution < 1.29 is 4.42 Å². The Hall–Kier alpha value is -2.35. The van der Waals surface area contributed by atoms with Crippen molar-refractivity contribution in [3.05, 3.63) is 78.7 Å². The molecule has 1 aromatic heterocycles. The standard InChI is InChI=1S/C19H19NO/c1-3-14(2)16(13-15-9-5-4-6-10-15)19-20-17-11-7-8-12-18(17)21-19/h3-12,14,16H,1,13H2,2H3. The van der Waals surface area contributed by atoms with E-state index in [-0.39, 0.29) is 5.92 Å². The summed E-state index contributed by atoms with van der Waals surface area (Å²) < 4.78 is 5.97. The lowest BCUT2D eigenvalue weighted by Crippen LogP contribution is -2.11. The van der Waals surface area contributed by atoms with Gasteiger partial charge in [0.25, 0.3) is 0 Å². The summed E-state index contributed by atoms with van der Waals surface area (Å²) in [7, 11) is 0. The summed E-state index contributed by atoms with van der Waals surface area (Å²) in [6.45, 7) is 6.10. The first-order valence-corrected chi connectivity index (χ1v) is 7.30. The minimum absolute atomic E-state index is 0.206. The van der Waals surface area contributed by atoms with Gasteiger partial charge in [0.05, 0.1) is 0 Å². The monoisotopic (exact) mass is 277 g/mol. The van der Waals surface area contributed by atoms with Crippen molar-refractivity contribution in [2.24, 2.45) is 5.92 Å². The van der Waals surface area contributed by atoms with Gasteiger partial charge in [-0.2, -0.15) is 0 Å². The van der Waals surface area contributed by atoms with Gasteiger partial charge in [-0.25, -0.2) is 4.98 Å². The molecule has 1 heterocycles. The fourth-order valence-electron chi connectivity index (χ4n) is 2.58. The second kappa shape index (κ2) is 5.96. The average molecular weight is 277 g/mol. The van der Waals surface area contributed by atoms with E-state index in [1.807, 2.05) is 36.4 Å². The molecule has 0 aliphatic rings. The molecule has 0 radical (unpaired) electrons. The third kappa shape index (κ3) is 2.89. The van der Waals surface area contributed by atoms with Crippen molar-refractivity contribution in [3.63, 3.8) is 0 Å². The van der Waals surface area contributed by atoms with Crippen LogP contribution in [0, 0.1) is 5.92 Å². The van der Waals surface area contributed by atoms with Crippen molar-refractivity contribution in [2.75, 3.05) is 0 Å². The number of aromatic nitrogens is 1. The highest BCUT2D eigenvalue weighted by atomic mass is 16.3. The molecule has 0 saturated heterocycles. The van der Waals surface area contributed by atoms with Gasteiger partial charge in [-0.15, -0.1) is 6.58 Å². The van der Waals surface area contributed by atoms with E-state index in [2.05, 4.69) is 42.8 Å². The maximum Gasteiger partial charge on any atom is 0.199 e. The zero-order valence-corrected chi connectivity index (χ0v) is 12.2. The predicted octanol–water partition coefficient (Wildman–Crippen LogP) is 4.98. The summed E-state index contributed by atoms with van der Waals surface area (Å²) in [4.78, 5) is 4.66. The molecule has 0 spiro atoms. The van der Waals surface area contributed by atoms with Crippen LogP contribution >= 0.6 is 0 Å². The summed E-state index contributed by atoms with van der Waals surface area (Å²) in [6.07, 6.45) is 2.88. The van der Waals surface area contributed by atoms with E-state index >= 15 is 0 Å². The van der Waals surface area contributed by atoms with E-state index in [0.29, 0.717) is 5.92 Å². The number of hydrogen-bond donors (Lipinski definition) is 0. The zero-order chi connectivity index (χ0) is 14.7. The van der Waals surface area contributed by atoms with E-state index in [4.69, 9.17) is 4.42 Å². The zero-order valence-electron chi connectivity index (χ0n) is 12.2. The van der Waals surface area contributed by atoms with Crippen LogP contribution in [-0.2, 0) is 6.42 Å². The van der Waals surface area contributed by atoms with Crippen molar-refractivity contribution >= 4 is 11.1 Å². The number of fused-ring (bicyclic) bond motifs is 1. The molecule has 3 aromatic rings. The molecule has 2 aromatic carbocycles. The maximum atomic E-state index is 5.97. The molecule has 0 aliphatic heterocycles. The Balaban J connectivity index is 1.96. The number of para-hydroxylation sites is 2. The first-order chi connectivity index (χ1) is 10.3. The van der Waals surface area contributed by atoms with E-state index < -0.39 is 0 Å². The molecule has 0 aliphatic carbocycles. The molecule has 0 saturated carbocycles. The van der Waals surface area contributed by atoms with E-state index in [1.165, 1.54) is 5.56 Å². The minimum atomic E-state index is 0.206. The molecule has 2 nitrogen and oxygen atoms in total. The molecule has 0 bridgehead atoms. The number of hydrogen-bond acceptors (Lipinski definition) is 2. The quantitative estimate of drug-likeness (QED) is 0.615. The highest BCUT2D eigenvalue weighted by molar-refractivity contribution is 5.72. The van der Waals surface area contributed by atoms with E-state index in [0.717, 1.165) is 23.4 Å². The second-order valence-corrected chi connectivity index (χ2v) is 5.41. The van der Waals surface area contributed by atoms with Crippen molar-refractivity contribution in [1.29, 1.82) is 0 Å². The fraction of sp³-hybridized carbons (Fsp3) is 0.211. The Morgan fingerprint density at radius 3 is 2.52 bits per heavy atom. The van der Waals surface area contributed by atoms with Crippen LogP contribution in [0.4, 0.5) is 0 Å². The van der Waals surface area contributed by atoms with Gasteiger partial charge in [-0.3, -0.25) is 0 Å². The summed E-state index contributed by atoms with van der Waals surface area (Å²) in [5, 5.41) is 0. The van der Waals surface area contributed by atoms with E-state index in [1.54, 1.807) is 0 Å². The van der Waals surface area contributed by atoms with Gasteiger partial charge in [0.1, 0.15) is 5.52 Å². The summed E-state index contributed by atoms with van der Waals surface area (Å²) >= 11 is 0. The van der Waals surface area contributed by atoms with E-state index in [9.17, 15) is 0 Å². The van der Waals surface area contributed by atoms with Gasteiger partial charge < -0.3 is 4.42 Å². The molecule has 3 rings (SSSR count). The van der Waals surface area contributed by atoms with Crippen LogP contribution in [0.5, 0.6) is 0 Å². The lowest BCUT2D eigenvalue weighted by Gasteiger charge is -2.18. The van der Waals surface area contributed by atoms with Crippen LogP contribution in [0.3, 0.4) is 0 Å². The van der Waals surface area contributed by atoms with Gasteiger partial charge in [-0.1, -0.05) is 55.5 Å². The van der Waals surface area contributed by atoms with Crippen molar-refractivity contribution in [3.8, 4) is 0 Å². The summed E-state index contributed by atoms with van der Waals surface area (Å²) in [6, 6.07) is 18.4. The summed E-state index contributed by atoms with van der Waals surface area (Å²) in [5.74, 6) is 1.31. The Labute approximate surface area is 125 Å². The Kier molecular flexibility index (Phi) is 3.87. The van der Waals surface area contributed by atoms with Crippen LogP contribution in [0.15, 0.2) is 71.7 Å².